The Kier molecular flexibility index (Phi) is 5.46. The van der Waals surface area contributed by atoms with Gasteiger partial charge in [-0.05, 0) is 50.9 Å². The lowest BCUT2D eigenvalue weighted by Crippen LogP contribution is -2.53. The van der Waals surface area contributed by atoms with E-state index in [0.717, 1.165) is 51.9 Å². The first-order valence-corrected chi connectivity index (χ1v) is 8.62. The van der Waals surface area contributed by atoms with Crippen LogP contribution in [0, 0.1) is 0 Å². The van der Waals surface area contributed by atoms with Crippen molar-refractivity contribution in [3.05, 3.63) is 35.9 Å². The molecule has 3 rings (SSSR count). The van der Waals surface area contributed by atoms with Crippen molar-refractivity contribution in [1.29, 1.82) is 0 Å². The average molecular weight is 301 g/mol. The second kappa shape index (κ2) is 7.75. The summed E-state index contributed by atoms with van der Waals surface area (Å²) in [5.41, 5.74) is 1.30. The highest BCUT2D eigenvalue weighted by molar-refractivity contribution is 5.82. The number of hydrogen-bond donors (Lipinski definition) is 2. The normalized spacial score (nSPS) is 24.1. The highest BCUT2D eigenvalue weighted by atomic mass is 16.2. The Bertz CT molecular complexity index is 470. The van der Waals surface area contributed by atoms with Crippen molar-refractivity contribution in [3.63, 3.8) is 0 Å². The first-order chi connectivity index (χ1) is 10.8. The molecular weight excluding hydrogens is 274 g/mol. The standard InChI is InChI=1S/C18H27N3O/c22-18(20-16-9-11-19-12-10-16)17-8-4-5-13-21(17)14-15-6-2-1-3-7-15/h1-3,6-7,16-17,19H,4-5,8-14H2,(H,20,22). The summed E-state index contributed by atoms with van der Waals surface area (Å²) in [7, 11) is 0. The lowest BCUT2D eigenvalue weighted by atomic mass is 9.99. The van der Waals surface area contributed by atoms with Gasteiger partial charge < -0.3 is 10.6 Å². The molecule has 2 N–H and O–H groups in total. The number of carbonyl (C=O) groups is 1. The Morgan fingerprint density at radius 2 is 1.91 bits per heavy atom. The molecule has 0 aliphatic carbocycles. The summed E-state index contributed by atoms with van der Waals surface area (Å²) in [6.45, 7) is 3.94. The molecule has 0 aromatic heterocycles. The largest absolute Gasteiger partial charge is 0.352 e. The number of amides is 1. The van der Waals surface area contributed by atoms with Gasteiger partial charge in [-0.2, -0.15) is 0 Å². The van der Waals surface area contributed by atoms with Crippen LogP contribution in [0.5, 0.6) is 0 Å². The maximum atomic E-state index is 12.7. The molecule has 0 radical (unpaired) electrons. The van der Waals surface area contributed by atoms with E-state index in [1.165, 1.54) is 12.0 Å². The van der Waals surface area contributed by atoms with Crippen LogP contribution in [-0.4, -0.2) is 42.5 Å². The van der Waals surface area contributed by atoms with Crippen molar-refractivity contribution >= 4 is 5.91 Å². The van der Waals surface area contributed by atoms with E-state index in [4.69, 9.17) is 0 Å². The van der Waals surface area contributed by atoms with Crippen LogP contribution in [0.15, 0.2) is 30.3 Å². The van der Waals surface area contributed by atoms with Crippen LogP contribution >= 0.6 is 0 Å². The maximum absolute atomic E-state index is 12.7. The summed E-state index contributed by atoms with van der Waals surface area (Å²) >= 11 is 0. The Hall–Kier alpha value is -1.39. The molecule has 22 heavy (non-hydrogen) atoms. The first-order valence-electron chi connectivity index (χ1n) is 8.62. The van der Waals surface area contributed by atoms with Crippen molar-refractivity contribution in [2.24, 2.45) is 0 Å². The van der Waals surface area contributed by atoms with Crippen LogP contribution in [-0.2, 0) is 11.3 Å². The van der Waals surface area contributed by atoms with E-state index < -0.39 is 0 Å². The Morgan fingerprint density at radius 1 is 1.14 bits per heavy atom. The molecule has 4 nitrogen and oxygen atoms in total. The van der Waals surface area contributed by atoms with Crippen LogP contribution < -0.4 is 10.6 Å². The third kappa shape index (κ3) is 4.08. The second-order valence-corrected chi connectivity index (χ2v) is 6.50. The number of carbonyl (C=O) groups excluding carboxylic acids is 1. The molecule has 2 saturated heterocycles. The third-order valence-electron chi connectivity index (χ3n) is 4.83. The average Bonchev–Trinajstić information content (AvgIpc) is 2.57. The number of piperidine rings is 2. The second-order valence-electron chi connectivity index (χ2n) is 6.50. The van der Waals surface area contributed by atoms with E-state index in [9.17, 15) is 4.79 Å². The summed E-state index contributed by atoms with van der Waals surface area (Å²) in [4.78, 5) is 15.1. The van der Waals surface area contributed by atoms with E-state index in [0.29, 0.717) is 6.04 Å². The molecule has 1 aromatic carbocycles. The topological polar surface area (TPSA) is 44.4 Å². The zero-order valence-electron chi connectivity index (χ0n) is 13.3. The van der Waals surface area contributed by atoms with Gasteiger partial charge in [0, 0.05) is 12.6 Å². The van der Waals surface area contributed by atoms with Crippen LogP contribution in [0.1, 0.15) is 37.7 Å². The number of benzene rings is 1. The Balaban J connectivity index is 1.60. The van der Waals surface area contributed by atoms with Crippen LogP contribution in [0.4, 0.5) is 0 Å². The quantitative estimate of drug-likeness (QED) is 0.893. The number of nitrogens with one attached hydrogen (secondary N) is 2. The van der Waals surface area contributed by atoms with Gasteiger partial charge >= 0.3 is 0 Å². The molecule has 0 saturated carbocycles. The van der Waals surface area contributed by atoms with Crippen molar-refractivity contribution < 1.29 is 4.79 Å². The molecule has 2 aliphatic rings. The zero-order chi connectivity index (χ0) is 15.2. The molecule has 120 valence electrons. The molecule has 2 heterocycles. The highest BCUT2D eigenvalue weighted by Crippen LogP contribution is 2.20. The smallest absolute Gasteiger partial charge is 0.237 e. The van der Waals surface area contributed by atoms with E-state index in [1.807, 2.05) is 6.07 Å². The SMILES string of the molecule is O=C(NC1CCNCC1)C1CCCCN1Cc1ccccc1. The third-order valence-corrected chi connectivity index (χ3v) is 4.83. The van der Waals surface area contributed by atoms with Crippen LogP contribution in [0.3, 0.4) is 0 Å². The Morgan fingerprint density at radius 3 is 2.68 bits per heavy atom. The van der Waals surface area contributed by atoms with Gasteiger partial charge in [-0.25, -0.2) is 0 Å². The fourth-order valence-electron chi connectivity index (χ4n) is 3.56. The number of rotatable bonds is 4. The molecule has 2 aliphatic heterocycles. The number of hydrogen-bond acceptors (Lipinski definition) is 3. The van der Waals surface area contributed by atoms with Crippen LogP contribution in [0.2, 0.25) is 0 Å². The Labute approximate surface area is 133 Å². The van der Waals surface area contributed by atoms with Gasteiger partial charge in [-0.1, -0.05) is 36.8 Å². The van der Waals surface area contributed by atoms with Gasteiger partial charge in [0.1, 0.15) is 0 Å². The molecule has 1 unspecified atom stereocenters. The van der Waals surface area contributed by atoms with Gasteiger partial charge in [-0.15, -0.1) is 0 Å². The molecule has 4 heteroatoms. The van der Waals surface area contributed by atoms with E-state index in [-0.39, 0.29) is 11.9 Å². The molecule has 1 aromatic rings. The predicted molar refractivity (Wildman–Crippen MR) is 88.5 cm³/mol. The maximum Gasteiger partial charge on any atom is 0.237 e. The van der Waals surface area contributed by atoms with Gasteiger partial charge in [0.15, 0.2) is 0 Å². The zero-order valence-corrected chi connectivity index (χ0v) is 13.3. The lowest BCUT2D eigenvalue weighted by Gasteiger charge is -2.36. The van der Waals surface area contributed by atoms with Crippen molar-refractivity contribution in [3.8, 4) is 0 Å². The molecular formula is C18H27N3O. The minimum absolute atomic E-state index is 0.0452. The minimum atomic E-state index is 0.0452. The molecule has 1 atom stereocenters. The summed E-state index contributed by atoms with van der Waals surface area (Å²) in [5, 5.41) is 6.63. The van der Waals surface area contributed by atoms with Gasteiger partial charge in [0.05, 0.1) is 6.04 Å². The molecule has 0 spiro atoms. The number of likely N-dealkylation sites (tertiary alicyclic amines) is 1. The minimum Gasteiger partial charge on any atom is -0.352 e. The van der Waals surface area contributed by atoms with E-state index in [2.05, 4.69) is 39.8 Å². The fraction of sp³-hybridized carbons (Fsp3) is 0.611. The first kappa shape index (κ1) is 15.5. The fourth-order valence-corrected chi connectivity index (χ4v) is 3.56. The molecule has 0 bridgehead atoms. The van der Waals surface area contributed by atoms with E-state index in [1.54, 1.807) is 0 Å². The van der Waals surface area contributed by atoms with Crippen molar-refractivity contribution in [2.75, 3.05) is 19.6 Å². The molecule has 1 amide bonds. The van der Waals surface area contributed by atoms with Gasteiger partial charge in [0.2, 0.25) is 5.91 Å². The number of nitrogens with zero attached hydrogens (tertiary/aromatic N) is 1. The summed E-state index contributed by atoms with van der Waals surface area (Å²) in [6, 6.07) is 10.9. The summed E-state index contributed by atoms with van der Waals surface area (Å²) < 4.78 is 0. The van der Waals surface area contributed by atoms with Crippen LogP contribution in [0.25, 0.3) is 0 Å². The lowest BCUT2D eigenvalue weighted by molar-refractivity contribution is -0.128. The monoisotopic (exact) mass is 301 g/mol. The highest BCUT2D eigenvalue weighted by Gasteiger charge is 2.30. The summed E-state index contributed by atoms with van der Waals surface area (Å²) in [6.07, 6.45) is 5.46. The summed E-state index contributed by atoms with van der Waals surface area (Å²) in [5.74, 6) is 0.238. The van der Waals surface area contributed by atoms with Crippen molar-refractivity contribution in [1.82, 2.24) is 15.5 Å². The predicted octanol–water partition coefficient (Wildman–Crippen LogP) is 1.91. The van der Waals surface area contributed by atoms with Gasteiger partial charge in [0.25, 0.3) is 0 Å². The van der Waals surface area contributed by atoms with E-state index >= 15 is 0 Å². The van der Waals surface area contributed by atoms with Crippen molar-refractivity contribution in [2.45, 2.75) is 50.7 Å². The van der Waals surface area contributed by atoms with Gasteiger partial charge in [-0.3, -0.25) is 9.69 Å². The molecule has 2 fully saturated rings.